The molecular formula is C38H32O11. The van der Waals surface area contributed by atoms with Crippen molar-refractivity contribution in [3.05, 3.63) is 145 Å². The average Bonchev–Trinajstić information content (AvgIpc) is 3.09. The van der Waals surface area contributed by atoms with Crippen LogP contribution in [0.25, 0.3) is 21.5 Å². The van der Waals surface area contributed by atoms with Crippen LogP contribution < -0.4 is 25.5 Å². The largest absolute Gasteiger partial charge is 0.497 e. The fourth-order valence-corrected chi connectivity index (χ4v) is 5.51. The first-order valence-electron chi connectivity index (χ1n) is 15.0. The molecule has 2 aromatic heterocycles. The van der Waals surface area contributed by atoms with Gasteiger partial charge in [-0.25, -0.2) is 19.2 Å². The zero-order chi connectivity index (χ0) is 35.2. The summed E-state index contributed by atoms with van der Waals surface area (Å²) in [5.41, 5.74) is 1.14. The third kappa shape index (κ3) is 7.46. The summed E-state index contributed by atoms with van der Waals surface area (Å²) in [4.78, 5) is 47.4. The first kappa shape index (κ1) is 34.0. The summed E-state index contributed by atoms with van der Waals surface area (Å²) in [6.07, 6.45) is 0.341. The van der Waals surface area contributed by atoms with Gasteiger partial charge in [0, 0.05) is 29.9 Å². The van der Waals surface area contributed by atoms with Gasteiger partial charge in [-0.1, -0.05) is 36.4 Å². The van der Waals surface area contributed by atoms with E-state index in [4.69, 9.17) is 23.0 Å². The highest BCUT2D eigenvalue weighted by Crippen LogP contribution is 2.32. The van der Waals surface area contributed by atoms with Crippen molar-refractivity contribution in [2.45, 2.75) is 19.8 Å². The molecule has 0 spiro atoms. The number of ether oxygens (including phenoxy) is 3. The monoisotopic (exact) mass is 664 g/mol. The second kappa shape index (κ2) is 14.6. The molecule has 2 N–H and O–H groups in total. The molecule has 0 bridgehead atoms. The maximum absolute atomic E-state index is 12.5. The predicted octanol–water partition coefficient (Wildman–Crippen LogP) is 6.50. The van der Waals surface area contributed by atoms with Gasteiger partial charge in [-0.2, -0.15) is 0 Å². The van der Waals surface area contributed by atoms with Crippen LogP contribution in [0.5, 0.6) is 17.2 Å². The van der Waals surface area contributed by atoms with Crippen molar-refractivity contribution in [1.29, 1.82) is 0 Å². The highest BCUT2D eigenvalue weighted by atomic mass is 16.5. The van der Waals surface area contributed by atoms with E-state index in [0.29, 0.717) is 56.1 Å². The third-order valence-electron chi connectivity index (χ3n) is 7.81. The van der Waals surface area contributed by atoms with Crippen molar-refractivity contribution >= 4 is 33.5 Å². The van der Waals surface area contributed by atoms with Gasteiger partial charge in [0.15, 0.2) is 0 Å². The zero-order valence-corrected chi connectivity index (χ0v) is 27.1. The highest BCUT2D eigenvalue weighted by molar-refractivity contribution is 5.92. The van der Waals surface area contributed by atoms with Gasteiger partial charge in [0.2, 0.25) is 0 Å². The molecule has 0 radical (unpaired) electrons. The van der Waals surface area contributed by atoms with Crippen molar-refractivity contribution in [3.63, 3.8) is 0 Å². The molecule has 4 aromatic carbocycles. The number of hydrogen-bond donors (Lipinski definition) is 2. The molecule has 0 aliphatic heterocycles. The molecule has 0 saturated heterocycles. The summed E-state index contributed by atoms with van der Waals surface area (Å²) in [5, 5.41) is 20.9. The van der Waals surface area contributed by atoms with E-state index >= 15 is 0 Å². The topological polar surface area (TPSA) is 163 Å². The highest BCUT2D eigenvalue weighted by Gasteiger charge is 2.19. The molecule has 11 heteroatoms. The van der Waals surface area contributed by atoms with Crippen molar-refractivity contribution in [2.75, 3.05) is 21.3 Å². The first-order chi connectivity index (χ1) is 23.5. The van der Waals surface area contributed by atoms with Crippen LogP contribution in [0.4, 0.5) is 0 Å². The number of methoxy groups -OCH3 is 3. The van der Waals surface area contributed by atoms with Gasteiger partial charge in [-0.05, 0) is 65.9 Å². The van der Waals surface area contributed by atoms with Gasteiger partial charge in [0.05, 0.1) is 43.2 Å². The normalized spacial score (nSPS) is 10.7. The molecule has 250 valence electrons. The molecule has 0 aliphatic rings. The zero-order valence-electron chi connectivity index (χ0n) is 27.1. The second-order valence-electron chi connectivity index (χ2n) is 11.0. The predicted molar refractivity (Wildman–Crippen MR) is 182 cm³/mol. The van der Waals surface area contributed by atoms with Gasteiger partial charge < -0.3 is 33.3 Å². The van der Waals surface area contributed by atoms with Crippen LogP contribution in [-0.4, -0.2) is 43.5 Å². The fourth-order valence-electron chi connectivity index (χ4n) is 5.51. The number of carbonyl (C=O) groups is 2. The standard InChI is InChI=1S/C21H20O7.C17H12O4/c1-11-5-16(20(22)23)14(18(6-11)26-3)8-13-9-15-17(21(24)28-13)7-12(25-2)10-19(15)27-4;18-16(19)14-7-3-1-5-11(14)9-13-10-12-6-2-4-8-15(12)17(20)21-13/h5-7,9-10H,8H2,1-4H3,(H,22,23);1-8,10H,9H2,(H,18,19). The van der Waals surface area contributed by atoms with Crippen LogP contribution in [0, 0.1) is 6.92 Å². The van der Waals surface area contributed by atoms with Gasteiger partial charge in [-0.15, -0.1) is 0 Å². The van der Waals surface area contributed by atoms with Crippen molar-refractivity contribution in [1.82, 2.24) is 0 Å². The Morgan fingerprint density at radius 3 is 1.94 bits per heavy atom. The van der Waals surface area contributed by atoms with Crippen molar-refractivity contribution in [2.24, 2.45) is 0 Å². The summed E-state index contributed by atoms with van der Waals surface area (Å²) in [7, 11) is 4.46. The summed E-state index contributed by atoms with van der Waals surface area (Å²) in [5.74, 6) is 0.0200. The molecule has 0 saturated carbocycles. The molecule has 0 unspecified atom stereocenters. The van der Waals surface area contributed by atoms with Gasteiger partial charge in [0.25, 0.3) is 0 Å². The average molecular weight is 665 g/mol. The summed E-state index contributed by atoms with van der Waals surface area (Å²) < 4.78 is 26.6. The van der Waals surface area contributed by atoms with Crippen LogP contribution >= 0.6 is 0 Å². The number of benzene rings is 4. The van der Waals surface area contributed by atoms with E-state index < -0.39 is 23.2 Å². The lowest BCUT2D eigenvalue weighted by Gasteiger charge is -2.13. The van der Waals surface area contributed by atoms with Gasteiger partial charge >= 0.3 is 23.2 Å². The maximum Gasteiger partial charge on any atom is 0.344 e. The molecule has 2 heterocycles. The molecule has 0 amide bonds. The Labute approximate surface area is 279 Å². The van der Waals surface area contributed by atoms with E-state index in [9.17, 15) is 29.4 Å². The minimum absolute atomic E-state index is 0.0749. The smallest absolute Gasteiger partial charge is 0.344 e. The Balaban J connectivity index is 0.000000199. The molecule has 11 nitrogen and oxygen atoms in total. The number of carboxylic acid groups (broad SMARTS) is 2. The Kier molecular flexibility index (Phi) is 10.1. The molecular weight excluding hydrogens is 632 g/mol. The molecule has 0 atom stereocenters. The first-order valence-corrected chi connectivity index (χ1v) is 15.0. The van der Waals surface area contributed by atoms with E-state index in [1.807, 2.05) is 12.1 Å². The van der Waals surface area contributed by atoms with E-state index in [1.165, 1.54) is 27.4 Å². The van der Waals surface area contributed by atoms with Crippen molar-refractivity contribution in [3.8, 4) is 17.2 Å². The number of aryl methyl sites for hydroxylation is 1. The Bertz CT molecular complexity index is 2310. The van der Waals surface area contributed by atoms with Gasteiger partial charge in [0.1, 0.15) is 28.8 Å². The Hall–Kier alpha value is -6.36. The third-order valence-corrected chi connectivity index (χ3v) is 7.81. The van der Waals surface area contributed by atoms with E-state index in [1.54, 1.807) is 73.7 Å². The molecule has 6 aromatic rings. The van der Waals surface area contributed by atoms with E-state index in [0.717, 1.165) is 10.9 Å². The lowest BCUT2D eigenvalue weighted by molar-refractivity contribution is 0.0684. The molecule has 0 fully saturated rings. The summed E-state index contributed by atoms with van der Waals surface area (Å²) in [6, 6.07) is 23.8. The Morgan fingerprint density at radius 1 is 0.633 bits per heavy atom. The van der Waals surface area contributed by atoms with Crippen LogP contribution in [0.2, 0.25) is 0 Å². The number of aromatic carboxylic acids is 2. The summed E-state index contributed by atoms with van der Waals surface area (Å²) >= 11 is 0. The van der Waals surface area contributed by atoms with Crippen LogP contribution in [0.3, 0.4) is 0 Å². The van der Waals surface area contributed by atoms with Crippen LogP contribution in [0.1, 0.15) is 48.9 Å². The number of hydrogen-bond acceptors (Lipinski definition) is 9. The fraction of sp³-hybridized carbons (Fsp3) is 0.158. The maximum atomic E-state index is 12.5. The minimum Gasteiger partial charge on any atom is -0.497 e. The number of fused-ring (bicyclic) bond motifs is 2. The number of carboxylic acids is 2. The van der Waals surface area contributed by atoms with E-state index in [-0.39, 0.29) is 24.0 Å². The Morgan fingerprint density at radius 2 is 1.27 bits per heavy atom. The van der Waals surface area contributed by atoms with Crippen LogP contribution in [0.15, 0.2) is 103 Å². The number of rotatable bonds is 9. The molecule has 6 rings (SSSR count). The van der Waals surface area contributed by atoms with Crippen LogP contribution in [-0.2, 0) is 12.8 Å². The molecule has 0 aliphatic carbocycles. The second-order valence-corrected chi connectivity index (χ2v) is 11.0. The quantitative estimate of drug-likeness (QED) is 0.173. The lowest BCUT2D eigenvalue weighted by atomic mass is 9.98. The van der Waals surface area contributed by atoms with Crippen molar-refractivity contribution < 1.29 is 42.8 Å². The SMILES string of the molecule is COc1cc(OC)c2cc(Cc3c(OC)cc(C)cc3C(=O)O)oc(=O)c2c1.O=C(O)c1ccccc1Cc1cc2ccccc2c(=O)o1. The van der Waals surface area contributed by atoms with Gasteiger partial charge in [-0.3, -0.25) is 0 Å². The lowest BCUT2D eigenvalue weighted by Crippen LogP contribution is -2.09. The summed E-state index contributed by atoms with van der Waals surface area (Å²) in [6.45, 7) is 1.78. The molecule has 49 heavy (non-hydrogen) atoms. The van der Waals surface area contributed by atoms with E-state index in [2.05, 4.69) is 0 Å². The minimum atomic E-state index is -1.08.